The van der Waals surface area contributed by atoms with Crippen LogP contribution < -0.4 is 4.90 Å². The van der Waals surface area contributed by atoms with E-state index in [1.807, 2.05) is 0 Å². The second kappa shape index (κ2) is 14.5. The molecule has 1 heteroatoms. The van der Waals surface area contributed by atoms with Gasteiger partial charge in [0.1, 0.15) is 0 Å². The van der Waals surface area contributed by atoms with E-state index in [1.54, 1.807) is 0 Å². The van der Waals surface area contributed by atoms with Crippen LogP contribution >= 0.6 is 0 Å². The predicted octanol–water partition coefficient (Wildman–Crippen LogP) is 14.8. The maximum atomic E-state index is 2.34. The van der Waals surface area contributed by atoms with E-state index in [2.05, 4.69) is 242 Å². The molecule has 1 aliphatic rings. The molecule has 0 aliphatic heterocycles. The van der Waals surface area contributed by atoms with Gasteiger partial charge in [0.25, 0.3) is 0 Å². The van der Waals surface area contributed by atoms with Crippen LogP contribution in [-0.2, 0) is 5.41 Å². The van der Waals surface area contributed by atoms with Crippen molar-refractivity contribution in [3.8, 4) is 44.5 Å². The third kappa shape index (κ3) is 6.05. The first kappa shape index (κ1) is 34.3. The Morgan fingerprint density at radius 1 is 0.281 bits per heavy atom. The molecule has 0 atom stereocenters. The Morgan fingerprint density at radius 3 is 0.965 bits per heavy atom. The van der Waals surface area contributed by atoms with Gasteiger partial charge in [-0.3, -0.25) is 0 Å². The molecule has 0 heterocycles. The zero-order valence-corrected chi connectivity index (χ0v) is 31.9. The third-order valence-corrected chi connectivity index (χ3v) is 11.7. The zero-order chi connectivity index (χ0) is 38.2. The van der Waals surface area contributed by atoms with Crippen molar-refractivity contribution in [1.82, 2.24) is 0 Å². The second-order valence-corrected chi connectivity index (χ2v) is 15.0. The topological polar surface area (TPSA) is 3.24 Å². The highest BCUT2D eigenvalue weighted by molar-refractivity contribution is 5.87. The first-order chi connectivity index (χ1) is 28.2. The van der Waals surface area contributed by atoms with Crippen molar-refractivity contribution >= 4 is 17.1 Å². The molecule has 270 valence electrons. The van der Waals surface area contributed by atoms with Crippen LogP contribution in [0.1, 0.15) is 27.8 Å². The molecule has 0 spiro atoms. The van der Waals surface area contributed by atoms with Gasteiger partial charge in [0.2, 0.25) is 0 Å². The van der Waals surface area contributed by atoms with Crippen molar-refractivity contribution in [2.24, 2.45) is 0 Å². The lowest BCUT2D eigenvalue weighted by Crippen LogP contribution is -2.28. The first-order valence-corrected chi connectivity index (χ1v) is 19.8. The van der Waals surface area contributed by atoms with E-state index in [1.165, 1.54) is 72.3 Å². The molecule has 0 amide bonds. The fraction of sp³-hybridized carbons (Fsp3) is 0.0357. The number of rotatable bonds is 8. The molecule has 0 N–H and O–H groups in total. The predicted molar refractivity (Wildman–Crippen MR) is 239 cm³/mol. The Labute approximate surface area is 335 Å². The van der Waals surface area contributed by atoms with Gasteiger partial charge >= 0.3 is 0 Å². The van der Waals surface area contributed by atoms with Crippen molar-refractivity contribution in [2.75, 3.05) is 4.90 Å². The molecular formula is C56H41N. The third-order valence-electron chi connectivity index (χ3n) is 11.7. The summed E-state index contributed by atoms with van der Waals surface area (Å²) in [7, 11) is 0. The molecule has 1 nitrogen and oxygen atoms in total. The van der Waals surface area contributed by atoms with Gasteiger partial charge in [-0.05, 0) is 110 Å². The minimum absolute atomic E-state index is 0.407. The summed E-state index contributed by atoms with van der Waals surface area (Å²) >= 11 is 0. The van der Waals surface area contributed by atoms with Gasteiger partial charge in [-0.1, -0.05) is 200 Å². The standard InChI is InChI=1S/C56H41N/c1-40-20-30-47(31-21-40)56(54-18-10-8-16-52(54)53-17-9-11-19-55(53)56)48-32-22-43(23-33-48)46-28-38-51(39-29-46)57(49-34-24-44(25-35-49)41-12-4-2-5-13-41)50-36-26-45(27-37-50)42-14-6-3-7-15-42/h2-39H,1H3. The maximum Gasteiger partial charge on any atom is 0.0713 e. The van der Waals surface area contributed by atoms with E-state index in [0.29, 0.717) is 0 Å². The Balaban J connectivity index is 1.02. The van der Waals surface area contributed by atoms with Gasteiger partial charge in [-0.25, -0.2) is 0 Å². The quantitative estimate of drug-likeness (QED) is 0.151. The largest absolute Gasteiger partial charge is 0.311 e. The molecule has 0 saturated heterocycles. The van der Waals surface area contributed by atoms with Crippen LogP contribution in [0, 0.1) is 6.92 Å². The molecule has 0 aromatic heterocycles. The van der Waals surface area contributed by atoms with Gasteiger partial charge in [-0.2, -0.15) is 0 Å². The molecule has 57 heavy (non-hydrogen) atoms. The van der Waals surface area contributed by atoms with Crippen molar-refractivity contribution in [3.63, 3.8) is 0 Å². The molecule has 0 unspecified atom stereocenters. The molecule has 1 aliphatic carbocycles. The number of hydrogen-bond donors (Lipinski definition) is 0. The van der Waals surface area contributed by atoms with Gasteiger partial charge in [-0.15, -0.1) is 0 Å². The van der Waals surface area contributed by atoms with Crippen LogP contribution in [0.3, 0.4) is 0 Å². The normalized spacial score (nSPS) is 12.4. The smallest absolute Gasteiger partial charge is 0.0713 e. The van der Waals surface area contributed by atoms with Crippen LogP contribution in [-0.4, -0.2) is 0 Å². The van der Waals surface area contributed by atoms with Crippen LogP contribution in [0.5, 0.6) is 0 Å². The summed E-state index contributed by atoms with van der Waals surface area (Å²) in [5, 5.41) is 0. The number of anilines is 3. The fourth-order valence-corrected chi connectivity index (χ4v) is 8.86. The van der Waals surface area contributed by atoms with E-state index in [4.69, 9.17) is 0 Å². The van der Waals surface area contributed by atoms with Gasteiger partial charge in [0, 0.05) is 17.1 Å². The maximum absolute atomic E-state index is 2.34. The lowest BCUT2D eigenvalue weighted by molar-refractivity contribution is 0.768. The minimum Gasteiger partial charge on any atom is -0.311 e. The van der Waals surface area contributed by atoms with E-state index in [0.717, 1.165) is 17.1 Å². The van der Waals surface area contributed by atoms with Crippen LogP contribution in [0.2, 0.25) is 0 Å². The molecule has 0 radical (unpaired) electrons. The molecular weight excluding hydrogens is 687 g/mol. The van der Waals surface area contributed by atoms with Crippen molar-refractivity contribution in [2.45, 2.75) is 12.3 Å². The molecule has 0 fully saturated rings. The van der Waals surface area contributed by atoms with Gasteiger partial charge < -0.3 is 4.90 Å². The van der Waals surface area contributed by atoms with Crippen molar-refractivity contribution in [3.05, 3.63) is 258 Å². The lowest BCUT2D eigenvalue weighted by atomic mass is 9.67. The van der Waals surface area contributed by atoms with Crippen molar-refractivity contribution in [1.29, 1.82) is 0 Å². The number of benzene rings is 9. The summed E-state index contributed by atoms with van der Waals surface area (Å²) in [5.74, 6) is 0. The SMILES string of the molecule is Cc1ccc(C2(c3ccc(-c4ccc(N(c5ccc(-c6ccccc6)cc5)c5ccc(-c6ccccc6)cc5)cc4)cc3)c3ccccc3-c3ccccc32)cc1. The Bertz CT molecular complexity index is 2660. The Hall–Kier alpha value is -7.22. The number of nitrogens with zero attached hydrogens (tertiary/aromatic N) is 1. The fourth-order valence-electron chi connectivity index (χ4n) is 8.86. The molecule has 0 saturated carbocycles. The minimum atomic E-state index is -0.407. The highest BCUT2D eigenvalue weighted by atomic mass is 15.1. The lowest BCUT2D eigenvalue weighted by Gasteiger charge is -2.34. The van der Waals surface area contributed by atoms with Gasteiger partial charge in [0.15, 0.2) is 0 Å². The van der Waals surface area contributed by atoms with E-state index >= 15 is 0 Å². The summed E-state index contributed by atoms with van der Waals surface area (Å²) in [6.07, 6.45) is 0. The van der Waals surface area contributed by atoms with E-state index in [9.17, 15) is 0 Å². The van der Waals surface area contributed by atoms with Crippen LogP contribution in [0.25, 0.3) is 44.5 Å². The second-order valence-electron chi connectivity index (χ2n) is 15.0. The monoisotopic (exact) mass is 727 g/mol. The van der Waals surface area contributed by atoms with Crippen molar-refractivity contribution < 1.29 is 0 Å². The molecule has 0 bridgehead atoms. The highest BCUT2D eigenvalue weighted by Gasteiger charge is 2.45. The summed E-state index contributed by atoms with van der Waals surface area (Å²) in [6.45, 7) is 2.16. The molecule has 10 rings (SSSR count). The van der Waals surface area contributed by atoms with Gasteiger partial charge in [0.05, 0.1) is 5.41 Å². The highest BCUT2D eigenvalue weighted by Crippen LogP contribution is 2.56. The summed E-state index contributed by atoms with van der Waals surface area (Å²) < 4.78 is 0. The van der Waals surface area contributed by atoms with E-state index in [-0.39, 0.29) is 0 Å². The summed E-state index contributed by atoms with van der Waals surface area (Å²) in [4.78, 5) is 2.34. The Kier molecular flexibility index (Phi) is 8.69. The summed E-state index contributed by atoms with van der Waals surface area (Å²) in [5.41, 5.74) is 19.2. The first-order valence-electron chi connectivity index (χ1n) is 19.8. The van der Waals surface area contributed by atoms with E-state index < -0.39 is 5.41 Å². The number of aryl methyl sites for hydroxylation is 1. The summed E-state index contributed by atoms with van der Waals surface area (Å²) in [6, 6.07) is 84.2. The average molecular weight is 728 g/mol. The Morgan fingerprint density at radius 2 is 0.579 bits per heavy atom. The zero-order valence-electron chi connectivity index (χ0n) is 31.9. The molecule has 9 aromatic rings. The average Bonchev–Trinajstić information content (AvgIpc) is 3.59. The molecule has 9 aromatic carbocycles. The number of fused-ring (bicyclic) bond motifs is 3. The van der Waals surface area contributed by atoms with Crippen LogP contribution in [0.4, 0.5) is 17.1 Å². The number of hydrogen-bond acceptors (Lipinski definition) is 1. The van der Waals surface area contributed by atoms with Crippen LogP contribution in [0.15, 0.2) is 231 Å².